The van der Waals surface area contributed by atoms with Crippen molar-refractivity contribution in [3.63, 3.8) is 0 Å². The number of sulfonamides is 1. The van der Waals surface area contributed by atoms with Crippen LogP contribution < -0.4 is 14.4 Å². The largest absolute Gasteiger partial charge is 0.457 e. The monoisotopic (exact) mass is 627 g/mol. The summed E-state index contributed by atoms with van der Waals surface area (Å²) in [5.74, 6) is 0.622. The number of para-hydroxylation sites is 1. The molecule has 0 fully saturated rings. The van der Waals surface area contributed by atoms with E-state index in [1.165, 1.54) is 17.0 Å². The number of amides is 2. The van der Waals surface area contributed by atoms with Crippen molar-refractivity contribution in [3.8, 4) is 11.5 Å². The molecule has 2 amide bonds. The third-order valence-corrected chi connectivity index (χ3v) is 9.01. The third kappa shape index (κ3) is 8.95. The standard InChI is InChI=1S/C36H41N3O5S/c1-5-34(36(41)37-24-27(2)3)38(25-29-14-12-13-28(4)23-29)35(40)26-39(45(42,43)33-17-10-7-11-18-33)30-19-21-32(22-20-30)44-31-15-8-6-9-16-31/h6-23,27,34H,5,24-26H2,1-4H3,(H,37,41)/t34-/m1/s1. The molecule has 4 aromatic carbocycles. The number of aryl methyl sites for hydroxylation is 1. The van der Waals surface area contributed by atoms with Crippen molar-refractivity contribution in [2.45, 2.75) is 51.6 Å². The molecule has 0 aromatic heterocycles. The van der Waals surface area contributed by atoms with Gasteiger partial charge in [0.1, 0.15) is 24.1 Å². The number of anilines is 1. The van der Waals surface area contributed by atoms with E-state index in [1.807, 2.05) is 82.3 Å². The van der Waals surface area contributed by atoms with Crippen LogP contribution in [0.3, 0.4) is 0 Å². The van der Waals surface area contributed by atoms with Crippen LogP contribution in [0.4, 0.5) is 5.69 Å². The molecule has 0 saturated carbocycles. The molecule has 0 aliphatic carbocycles. The van der Waals surface area contributed by atoms with Crippen LogP contribution in [0.15, 0.2) is 114 Å². The van der Waals surface area contributed by atoms with E-state index in [9.17, 15) is 18.0 Å². The molecule has 1 atom stereocenters. The highest BCUT2D eigenvalue weighted by atomic mass is 32.2. The van der Waals surface area contributed by atoms with E-state index in [0.29, 0.717) is 30.2 Å². The van der Waals surface area contributed by atoms with Gasteiger partial charge in [0, 0.05) is 13.1 Å². The minimum absolute atomic E-state index is 0.0503. The maximum atomic E-state index is 14.3. The fraction of sp³-hybridized carbons (Fsp3) is 0.278. The Morgan fingerprint density at radius 1 is 0.822 bits per heavy atom. The summed E-state index contributed by atoms with van der Waals surface area (Å²) < 4.78 is 35.1. The van der Waals surface area contributed by atoms with Gasteiger partial charge in [-0.15, -0.1) is 0 Å². The molecular weight excluding hydrogens is 586 g/mol. The first kappa shape index (κ1) is 33.3. The second-order valence-electron chi connectivity index (χ2n) is 11.3. The van der Waals surface area contributed by atoms with Gasteiger partial charge in [-0.2, -0.15) is 0 Å². The third-order valence-electron chi connectivity index (χ3n) is 7.22. The lowest BCUT2D eigenvalue weighted by Gasteiger charge is -2.33. The van der Waals surface area contributed by atoms with Crippen LogP contribution in [-0.4, -0.2) is 44.3 Å². The van der Waals surface area contributed by atoms with Crippen molar-refractivity contribution >= 4 is 27.5 Å². The summed E-state index contributed by atoms with van der Waals surface area (Å²) in [5, 5.41) is 2.95. The maximum Gasteiger partial charge on any atom is 0.264 e. The Bertz CT molecular complexity index is 1660. The number of rotatable bonds is 14. The molecule has 236 valence electrons. The van der Waals surface area contributed by atoms with Gasteiger partial charge in [0.15, 0.2) is 0 Å². The fourth-order valence-electron chi connectivity index (χ4n) is 4.90. The van der Waals surface area contributed by atoms with Crippen LogP contribution in [0, 0.1) is 12.8 Å². The van der Waals surface area contributed by atoms with Crippen molar-refractivity contribution in [3.05, 3.63) is 120 Å². The van der Waals surface area contributed by atoms with Crippen LogP contribution in [0.2, 0.25) is 0 Å². The lowest BCUT2D eigenvalue weighted by Crippen LogP contribution is -2.52. The number of carbonyl (C=O) groups excluding carboxylic acids is 2. The summed E-state index contributed by atoms with van der Waals surface area (Å²) >= 11 is 0. The topological polar surface area (TPSA) is 96.0 Å². The Labute approximate surface area is 266 Å². The molecule has 0 unspecified atom stereocenters. The fourth-order valence-corrected chi connectivity index (χ4v) is 6.34. The molecule has 9 heteroatoms. The second kappa shape index (κ2) is 15.4. The van der Waals surface area contributed by atoms with Crippen LogP contribution in [0.25, 0.3) is 0 Å². The SMILES string of the molecule is CC[C@H](C(=O)NCC(C)C)N(Cc1cccc(C)c1)C(=O)CN(c1ccc(Oc2ccccc2)cc1)S(=O)(=O)c1ccccc1. The van der Waals surface area contributed by atoms with Gasteiger partial charge in [-0.3, -0.25) is 13.9 Å². The number of benzene rings is 4. The van der Waals surface area contributed by atoms with Crippen molar-refractivity contribution in [2.75, 3.05) is 17.4 Å². The first-order valence-corrected chi connectivity index (χ1v) is 16.6. The first-order chi connectivity index (χ1) is 21.6. The summed E-state index contributed by atoms with van der Waals surface area (Å²) in [6, 6.07) is 30.7. The molecule has 0 bridgehead atoms. The number of nitrogens with zero attached hydrogens (tertiary/aromatic N) is 2. The van der Waals surface area contributed by atoms with Gasteiger partial charge in [0.05, 0.1) is 10.6 Å². The zero-order valence-corrected chi connectivity index (χ0v) is 27.0. The van der Waals surface area contributed by atoms with Gasteiger partial charge in [-0.25, -0.2) is 8.42 Å². The highest BCUT2D eigenvalue weighted by Crippen LogP contribution is 2.28. The number of ether oxygens (including phenoxy) is 1. The number of hydrogen-bond donors (Lipinski definition) is 1. The van der Waals surface area contributed by atoms with E-state index in [4.69, 9.17) is 4.74 Å². The Balaban J connectivity index is 1.70. The quantitative estimate of drug-likeness (QED) is 0.171. The lowest BCUT2D eigenvalue weighted by atomic mass is 10.1. The molecule has 45 heavy (non-hydrogen) atoms. The van der Waals surface area contributed by atoms with Crippen LogP contribution in [-0.2, 0) is 26.2 Å². The Hall–Kier alpha value is -4.63. The highest BCUT2D eigenvalue weighted by molar-refractivity contribution is 7.92. The number of nitrogens with one attached hydrogen (secondary N) is 1. The van der Waals surface area contributed by atoms with E-state index in [2.05, 4.69) is 5.32 Å². The molecule has 4 aromatic rings. The molecule has 0 spiro atoms. The molecule has 0 saturated heterocycles. The van der Waals surface area contributed by atoms with Crippen LogP contribution in [0.1, 0.15) is 38.3 Å². The van der Waals surface area contributed by atoms with Crippen molar-refractivity contribution in [1.82, 2.24) is 10.2 Å². The van der Waals surface area contributed by atoms with E-state index in [1.54, 1.807) is 42.5 Å². The average molecular weight is 628 g/mol. The van der Waals surface area contributed by atoms with Crippen molar-refractivity contribution in [2.24, 2.45) is 5.92 Å². The summed E-state index contributed by atoms with van der Waals surface area (Å²) in [5.41, 5.74) is 2.15. The molecule has 1 N–H and O–H groups in total. The molecule has 0 aliphatic heterocycles. The zero-order chi connectivity index (χ0) is 32.4. The molecule has 0 radical (unpaired) electrons. The normalized spacial score (nSPS) is 11.9. The minimum Gasteiger partial charge on any atom is -0.457 e. The van der Waals surface area contributed by atoms with E-state index in [0.717, 1.165) is 15.4 Å². The van der Waals surface area contributed by atoms with E-state index >= 15 is 0 Å². The van der Waals surface area contributed by atoms with Crippen LogP contribution >= 0.6 is 0 Å². The molecule has 0 heterocycles. The zero-order valence-electron chi connectivity index (χ0n) is 26.2. The number of carbonyl (C=O) groups is 2. The summed E-state index contributed by atoms with van der Waals surface area (Å²) in [4.78, 5) is 29.2. The average Bonchev–Trinajstić information content (AvgIpc) is 3.03. The van der Waals surface area contributed by atoms with Gasteiger partial charge in [-0.05, 0) is 73.4 Å². The van der Waals surface area contributed by atoms with Gasteiger partial charge in [0.2, 0.25) is 11.8 Å². The predicted octanol–water partition coefficient (Wildman–Crippen LogP) is 6.56. The van der Waals surface area contributed by atoms with Gasteiger partial charge in [-0.1, -0.05) is 87.0 Å². The van der Waals surface area contributed by atoms with E-state index < -0.39 is 28.5 Å². The van der Waals surface area contributed by atoms with E-state index in [-0.39, 0.29) is 23.3 Å². The maximum absolute atomic E-state index is 14.3. The van der Waals surface area contributed by atoms with Gasteiger partial charge < -0.3 is 15.0 Å². The predicted molar refractivity (Wildman–Crippen MR) is 178 cm³/mol. The Morgan fingerprint density at radius 3 is 2.04 bits per heavy atom. The van der Waals surface area contributed by atoms with Crippen molar-refractivity contribution in [1.29, 1.82) is 0 Å². The molecule has 4 rings (SSSR count). The number of hydrogen-bond acceptors (Lipinski definition) is 5. The molecule has 0 aliphatic rings. The van der Waals surface area contributed by atoms with Gasteiger partial charge in [0.25, 0.3) is 10.0 Å². The van der Waals surface area contributed by atoms with Crippen LogP contribution in [0.5, 0.6) is 11.5 Å². The first-order valence-electron chi connectivity index (χ1n) is 15.1. The minimum atomic E-state index is -4.16. The summed E-state index contributed by atoms with van der Waals surface area (Å²) in [6.45, 7) is 7.92. The summed E-state index contributed by atoms with van der Waals surface area (Å²) in [7, 11) is -4.16. The van der Waals surface area contributed by atoms with Crippen molar-refractivity contribution < 1.29 is 22.7 Å². The highest BCUT2D eigenvalue weighted by Gasteiger charge is 2.33. The van der Waals surface area contributed by atoms with Gasteiger partial charge >= 0.3 is 0 Å². The Morgan fingerprint density at radius 2 is 1.44 bits per heavy atom. The Kier molecular flexibility index (Phi) is 11.4. The molecule has 8 nitrogen and oxygen atoms in total. The molecular formula is C36H41N3O5S. The smallest absolute Gasteiger partial charge is 0.264 e. The summed E-state index contributed by atoms with van der Waals surface area (Å²) in [6.07, 6.45) is 0.360. The second-order valence-corrected chi connectivity index (χ2v) is 13.2. The lowest BCUT2D eigenvalue weighted by molar-refractivity contribution is -0.140.